The van der Waals surface area contributed by atoms with E-state index in [9.17, 15) is 43.5 Å². The molecule has 5 N–H and O–H groups in total. The minimum absolute atomic E-state index is 0.102. The number of fused-ring (bicyclic) bond motifs is 1. The highest BCUT2D eigenvalue weighted by molar-refractivity contribution is 8.01. The summed E-state index contributed by atoms with van der Waals surface area (Å²) in [6, 6.07) is 8.71. The number of piperazine rings is 1. The number of carbonyl (C=O) groups excluding carboxylic acids is 6. The Bertz CT molecular complexity index is 1770. The predicted octanol–water partition coefficient (Wildman–Crippen LogP) is -0.895. The van der Waals surface area contributed by atoms with E-state index in [0.29, 0.717) is 10.5 Å². The maximum atomic E-state index is 13.9. The van der Waals surface area contributed by atoms with E-state index >= 15 is 0 Å². The molecule has 17 nitrogen and oxygen atoms in total. The molecule has 0 radical (unpaired) electrons. The van der Waals surface area contributed by atoms with Gasteiger partial charge in [-0.3, -0.25) is 33.8 Å². The molecule has 2 saturated heterocycles. The monoisotopic (exact) mass is 726 g/mol. The van der Waals surface area contributed by atoms with Crippen LogP contribution in [0.1, 0.15) is 18.5 Å². The van der Waals surface area contributed by atoms with E-state index in [1.54, 1.807) is 49.6 Å². The van der Waals surface area contributed by atoms with E-state index < -0.39 is 58.7 Å². The van der Waals surface area contributed by atoms with Gasteiger partial charge in [0.1, 0.15) is 17.1 Å². The number of hydrogen-bond donors (Lipinski definition) is 5. The van der Waals surface area contributed by atoms with Crippen molar-refractivity contribution in [3.63, 3.8) is 0 Å². The predicted molar refractivity (Wildman–Crippen MR) is 175 cm³/mol. The summed E-state index contributed by atoms with van der Waals surface area (Å²) in [4.78, 5) is 105. The minimum Gasteiger partial charge on any atom is -0.477 e. The second kappa shape index (κ2) is 15.0. The molecule has 19 heteroatoms. The SMILES string of the molecule is CCN1CCN(C(=O)NC(C(=O)N[C@]2(NC=O)C(=O)N3C(C(=O)O)=C(CSc4cc[n+](CC(=O)O)cc4)CS[C@@H]32)c2ccccc2)C(=O)C1=O. The molecule has 0 bridgehead atoms. The van der Waals surface area contributed by atoms with Crippen LogP contribution in [-0.2, 0) is 40.1 Å². The molecular formula is C31H32N7O10S2+. The highest BCUT2D eigenvalue weighted by atomic mass is 32.2. The summed E-state index contributed by atoms with van der Waals surface area (Å²) < 4.78 is 1.46. The van der Waals surface area contributed by atoms with E-state index in [2.05, 4.69) is 16.0 Å². The van der Waals surface area contributed by atoms with Crippen LogP contribution in [-0.4, -0.2) is 115 Å². The lowest BCUT2D eigenvalue weighted by Gasteiger charge is -2.56. The average molecular weight is 727 g/mol. The van der Waals surface area contributed by atoms with Crippen molar-refractivity contribution in [2.75, 3.05) is 31.1 Å². The number of carbonyl (C=O) groups is 8. The summed E-state index contributed by atoms with van der Waals surface area (Å²) in [7, 11) is 0. The number of aliphatic carboxylic acids is 2. The Labute approximate surface area is 293 Å². The fraction of sp³-hybridized carbons (Fsp3) is 0.323. The van der Waals surface area contributed by atoms with E-state index in [1.165, 1.54) is 33.4 Å². The molecule has 3 aliphatic rings. The number of urea groups is 1. The second-order valence-electron chi connectivity index (χ2n) is 11.2. The molecular weight excluding hydrogens is 695 g/mol. The maximum Gasteiger partial charge on any atom is 0.370 e. The van der Waals surface area contributed by atoms with Crippen molar-refractivity contribution in [2.45, 2.75) is 35.4 Å². The number of carboxylic acid groups (broad SMARTS) is 2. The van der Waals surface area contributed by atoms with Gasteiger partial charge in [-0.25, -0.2) is 14.4 Å². The third-order valence-electron chi connectivity index (χ3n) is 8.15. The lowest BCUT2D eigenvalue weighted by atomic mass is 9.94. The van der Waals surface area contributed by atoms with Gasteiger partial charge in [-0.05, 0) is 18.1 Å². The molecule has 262 valence electrons. The maximum absolute atomic E-state index is 13.9. The quantitative estimate of drug-likeness (QED) is 0.0423. The van der Waals surface area contributed by atoms with Gasteiger partial charge in [-0.2, -0.15) is 4.57 Å². The second-order valence-corrected chi connectivity index (χ2v) is 13.3. The Kier molecular flexibility index (Phi) is 10.8. The largest absolute Gasteiger partial charge is 0.477 e. The zero-order valence-electron chi connectivity index (χ0n) is 26.4. The van der Waals surface area contributed by atoms with Crippen molar-refractivity contribution in [3.8, 4) is 0 Å². The molecule has 2 fully saturated rings. The van der Waals surface area contributed by atoms with Gasteiger partial charge in [0.25, 0.3) is 5.91 Å². The molecule has 0 aliphatic carbocycles. The molecule has 7 amide bonds. The molecule has 3 aliphatic heterocycles. The summed E-state index contributed by atoms with van der Waals surface area (Å²) in [5.74, 6) is -5.94. The number of aromatic nitrogens is 1. The number of pyridine rings is 1. The fourth-order valence-corrected chi connectivity index (χ4v) is 8.11. The highest BCUT2D eigenvalue weighted by Crippen LogP contribution is 2.46. The summed E-state index contributed by atoms with van der Waals surface area (Å²) in [6.45, 7) is 1.72. The van der Waals surface area contributed by atoms with Crippen molar-refractivity contribution >= 4 is 71.5 Å². The average Bonchev–Trinajstić information content (AvgIpc) is 3.10. The van der Waals surface area contributed by atoms with Crippen LogP contribution >= 0.6 is 23.5 Å². The standard InChI is InChI=1S/C31H31N7O10S2/c1-2-36-12-13-37(26(44)25(36)43)30(48)33-22(18-6-4-3-5-7-18)24(42)34-31(32-17-39)28(47)38-23(27(45)46)19(16-50-29(31)38)15-49-20-8-10-35(11-9-20)14-21(40)41/h3-11,17,22,29H,2,12-16H2,1H3,(H4-,32,33,34,39,40,41,42,45,46,48)/p+1/t22?,29-,31-/m1/s1. The first kappa shape index (κ1) is 35.9. The first-order valence-electron chi connectivity index (χ1n) is 15.2. The van der Waals surface area contributed by atoms with E-state index in [-0.39, 0.29) is 55.4 Å². The minimum atomic E-state index is -2.09. The Balaban J connectivity index is 1.36. The normalized spacial score (nSPS) is 20.8. The van der Waals surface area contributed by atoms with Crippen molar-refractivity contribution in [2.24, 2.45) is 0 Å². The molecule has 1 unspecified atom stereocenters. The first-order valence-corrected chi connectivity index (χ1v) is 17.2. The summed E-state index contributed by atoms with van der Waals surface area (Å²) in [5, 5.41) is 25.4. The van der Waals surface area contributed by atoms with Crippen LogP contribution in [0.2, 0.25) is 0 Å². The number of β-lactam (4-membered cyclic amide) rings is 1. The highest BCUT2D eigenvalue weighted by Gasteiger charge is 2.66. The van der Waals surface area contributed by atoms with Crippen molar-refractivity contribution in [1.82, 2.24) is 30.7 Å². The number of thioether (sulfide) groups is 2. The zero-order valence-corrected chi connectivity index (χ0v) is 28.1. The summed E-state index contributed by atoms with van der Waals surface area (Å²) >= 11 is 2.39. The molecule has 0 spiro atoms. The van der Waals surface area contributed by atoms with Gasteiger partial charge < -0.3 is 31.1 Å². The summed E-state index contributed by atoms with van der Waals surface area (Å²) in [6.07, 6.45) is 3.35. The number of benzene rings is 1. The zero-order chi connectivity index (χ0) is 36.2. The Morgan fingerprint density at radius 1 is 1.06 bits per heavy atom. The van der Waals surface area contributed by atoms with Gasteiger partial charge in [0.2, 0.25) is 24.5 Å². The smallest absolute Gasteiger partial charge is 0.370 e. The number of carboxylic acids is 2. The molecule has 1 aromatic heterocycles. The topological polar surface area (TPSA) is 227 Å². The Morgan fingerprint density at radius 2 is 1.76 bits per heavy atom. The van der Waals surface area contributed by atoms with Crippen molar-refractivity contribution in [3.05, 3.63) is 71.7 Å². The van der Waals surface area contributed by atoms with Crippen LogP contribution in [0.4, 0.5) is 4.79 Å². The summed E-state index contributed by atoms with van der Waals surface area (Å²) in [5.41, 5.74) is -1.73. The number of hydrogen-bond acceptors (Lipinski definition) is 10. The van der Waals surface area contributed by atoms with Gasteiger partial charge in [0.15, 0.2) is 12.4 Å². The van der Waals surface area contributed by atoms with E-state index in [0.717, 1.165) is 21.6 Å². The van der Waals surface area contributed by atoms with Crippen LogP contribution in [0.25, 0.3) is 0 Å². The van der Waals surface area contributed by atoms with Gasteiger partial charge in [-0.1, -0.05) is 30.3 Å². The lowest BCUT2D eigenvalue weighted by Crippen LogP contribution is -2.85. The number of nitrogens with one attached hydrogen (secondary N) is 3. The third-order valence-corrected chi connectivity index (χ3v) is 10.6. The van der Waals surface area contributed by atoms with Crippen molar-refractivity contribution in [1.29, 1.82) is 0 Å². The van der Waals surface area contributed by atoms with Crippen LogP contribution in [0.5, 0.6) is 0 Å². The fourth-order valence-electron chi connectivity index (χ4n) is 5.66. The molecule has 50 heavy (non-hydrogen) atoms. The Hall–Kier alpha value is -5.43. The molecule has 1 aromatic carbocycles. The number of nitrogens with zero attached hydrogens (tertiary/aromatic N) is 4. The molecule has 3 atom stereocenters. The van der Waals surface area contributed by atoms with Crippen molar-refractivity contribution < 1.29 is 53.1 Å². The lowest BCUT2D eigenvalue weighted by molar-refractivity contribution is -0.686. The molecule has 5 rings (SSSR count). The van der Waals surface area contributed by atoms with E-state index in [1.807, 2.05) is 0 Å². The van der Waals surface area contributed by atoms with Crippen LogP contribution in [0.3, 0.4) is 0 Å². The van der Waals surface area contributed by atoms with Gasteiger partial charge >= 0.3 is 29.8 Å². The molecule has 4 heterocycles. The van der Waals surface area contributed by atoms with Gasteiger partial charge in [0.05, 0.1) is 0 Å². The van der Waals surface area contributed by atoms with Crippen LogP contribution < -0.4 is 20.5 Å². The van der Waals surface area contributed by atoms with Gasteiger partial charge in [0, 0.05) is 48.2 Å². The third kappa shape index (κ3) is 6.99. The van der Waals surface area contributed by atoms with Crippen LogP contribution in [0, 0.1) is 0 Å². The van der Waals surface area contributed by atoms with Gasteiger partial charge in [-0.15, -0.1) is 23.5 Å². The van der Waals surface area contributed by atoms with Crippen LogP contribution in [0.15, 0.2) is 71.0 Å². The number of imide groups is 1. The number of amides is 7. The van der Waals surface area contributed by atoms with E-state index in [4.69, 9.17) is 5.11 Å². The molecule has 2 aromatic rings. The molecule has 0 saturated carbocycles. The number of likely N-dealkylation sites (N-methyl/N-ethyl adjacent to an activating group) is 1. The number of rotatable bonds is 13. The Morgan fingerprint density at radius 3 is 2.38 bits per heavy atom. The first-order chi connectivity index (χ1) is 23.9.